The maximum Gasteiger partial charge on any atom is 0.418 e. The molecular formula is C32H29N6O7P. The van der Waals surface area contributed by atoms with Gasteiger partial charge in [-0.1, -0.05) is 0 Å². The van der Waals surface area contributed by atoms with Gasteiger partial charge in [-0.3, -0.25) is 0 Å². The molecule has 14 heteroatoms. The van der Waals surface area contributed by atoms with E-state index in [0.29, 0.717) is 57.2 Å². The van der Waals surface area contributed by atoms with Crippen LogP contribution < -0.4 is 38.6 Å². The zero-order valence-electron chi connectivity index (χ0n) is 25.2. The molecule has 4 aromatic carbocycles. The minimum absolute atomic E-state index is 0.384. The second-order valence-corrected chi connectivity index (χ2v) is 10.6. The summed E-state index contributed by atoms with van der Waals surface area (Å²) in [5.74, 6) is 4.22. The first-order valence-electron chi connectivity index (χ1n) is 13.8. The summed E-state index contributed by atoms with van der Waals surface area (Å²) in [6, 6.07) is 21.1. The van der Waals surface area contributed by atoms with E-state index in [0.717, 1.165) is 22.1 Å². The van der Waals surface area contributed by atoms with Crippen molar-refractivity contribution in [2.24, 2.45) is 0 Å². The lowest BCUT2D eigenvalue weighted by atomic mass is 10.2. The van der Waals surface area contributed by atoms with Gasteiger partial charge in [-0.15, -0.1) is 0 Å². The third-order valence-electron chi connectivity index (χ3n) is 6.92. The summed E-state index contributed by atoms with van der Waals surface area (Å²) in [4.78, 5) is 17.4. The molecule has 0 aliphatic heterocycles. The van der Waals surface area contributed by atoms with Gasteiger partial charge in [-0.2, -0.15) is 0 Å². The number of ether oxygens (including phenoxy) is 4. The number of benzene rings is 4. The minimum atomic E-state index is -2.90. The minimum Gasteiger partial charge on any atom is -0.493 e. The summed E-state index contributed by atoms with van der Waals surface area (Å²) in [6.07, 6.45) is 2.93. The second kappa shape index (κ2) is 13.4. The lowest BCUT2D eigenvalue weighted by Crippen LogP contribution is -1.98. The van der Waals surface area contributed by atoms with E-state index >= 15 is 0 Å². The van der Waals surface area contributed by atoms with Gasteiger partial charge in [0.05, 0.1) is 39.5 Å². The van der Waals surface area contributed by atoms with E-state index < -0.39 is 8.25 Å². The van der Waals surface area contributed by atoms with Gasteiger partial charge in [-0.05, 0) is 60.7 Å². The van der Waals surface area contributed by atoms with Crippen molar-refractivity contribution in [3.63, 3.8) is 0 Å². The number of hydrogen-bond acceptors (Lipinski definition) is 13. The van der Waals surface area contributed by atoms with Gasteiger partial charge in [0.2, 0.25) is 0 Å². The van der Waals surface area contributed by atoms with E-state index in [1.807, 2.05) is 12.1 Å². The van der Waals surface area contributed by atoms with Crippen LogP contribution in [0.3, 0.4) is 0 Å². The molecule has 0 spiro atoms. The third kappa shape index (κ3) is 6.49. The molecule has 0 fully saturated rings. The molecule has 13 nitrogen and oxygen atoms in total. The van der Waals surface area contributed by atoms with Gasteiger partial charge in [0.15, 0.2) is 23.0 Å². The molecule has 0 saturated carbocycles. The fourth-order valence-electron chi connectivity index (χ4n) is 4.66. The Balaban J connectivity index is 1.08. The molecule has 46 heavy (non-hydrogen) atoms. The number of methoxy groups -OCH3 is 4. The fraction of sp³-hybridized carbons (Fsp3) is 0.125. The summed E-state index contributed by atoms with van der Waals surface area (Å²) in [6.45, 7) is 0. The molecule has 0 aliphatic carbocycles. The van der Waals surface area contributed by atoms with E-state index in [2.05, 4.69) is 30.6 Å². The highest BCUT2D eigenvalue weighted by atomic mass is 31.1. The molecule has 6 rings (SSSR count). The van der Waals surface area contributed by atoms with Crippen LogP contribution in [-0.4, -0.2) is 48.4 Å². The normalized spacial score (nSPS) is 10.9. The highest BCUT2D eigenvalue weighted by Crippen LogP contribution is 2.37. The van der Waals surface area contributed by atoms with Gasteiger partial charge in [0, 0.05) is 34.3 Å². The van der Waals surface area contributed by atoms with Crippen LogP contribution in [0.4, 0.5) is 23.0 Å². The quantitative estimate of drug-likeness (QED) is 0.133. The smallest absolute Gasteiger partial charge is 0.418 e. The van der Waals surface area contributed by atoms with Crippen LogP contribution >= 0.6 is 8.25 Å². The summed E-state index contributed by atoms with van der Waals surface area (Å²) >= 11 is 0. The lowest BCUT2D eigenvalue weighted by molar-refractivity contribution is 0.356. The predicted octanol–water partition coefficient (Wildman–Crippen LogP) is 6.94. The topological polar surface area (TPSA) is 148 Å². The van der Waals surface area contributed by atoms with Crippen molar-refractivity contribution in [1.29, 1.82) is 0 Å². The first kappa shape index (κ1) is 30.2. The van der Waals surface area contributed by atoms with E-state index in [1.54, 1.807) is 89.1 Å². The molecule has 0 radical (unpaired) electrons. The molecular weight excluding hydrogens is 611 g/mol. The number of anilines is 4. The van der Waals surface area contributed by atoms with Crippen molar-refractivity contribution in [2.75, 3.05) is 39.1 Å². The molecule has 2 N–H and O–H groups in total. The molecule has 0 aliphatic rings. The first-order valence-corrected chi connectivity index (χ1v) is 15.1. The molecule has 2 aromatic heterocycles. The van der Waals surface area contributed by atoms with Crippen LogP contribution in [0.5, 0.6) is 34.5 Å². The zero-order valence-corrected chi connectivity index (χ0v) is 26.2. The lowest BCUT2D eigenvalue weighted by Gasteiger charge is -2.13. The van der Waals surface area contributed by atoms with Crippen LogP contribution in [0.1, 0.15) is 0 Å². The molecule has 6 aromatic rings. The third-order valence-corrected chi connectivity index (χ3v) is 7.72. The Hall–Kier alpha value is -5.81. The maximum absolute atomic E-state index is 12.7. The Bertz CT molecular complexity index is 1880. The Morgan fingerprint density at radius 3 is 1.26 bits per heavy atom. The summed E-state index contributed by atoms with van der Waals surface area (Å²) < 4.78 is 45.4. The van der Waals surface area contributed by atoms with Crippen molar-refractivity contribution < 1.29 is 32.6 Å². The first-order chi connectivity index (χ1) is 22.5. The molecule has 234 valence electrons. The van der Waals surface area contributed by atoms with Gasteiger partial charge < -0.3 is 38.6 Å². The molecule has 0 amide bonds. The number of nitrogens with one attached hydrogen (secondary N) is 2. The van der Waals surface area contributed by atoms with Crippen molar-refractivity contribution in [2.45, 2.75) is 0 Å². The standard InChI is InChI=1S/C32H29N6O7P/c1-40-27-13-23-25(15-29(27)42-3)33-17-35-31(23)37-19-5-9-21(10-6-19)44-46(39)45-22-11-7-20(8-12-22)38-32-24-14-28(41-2)30(43-4)16-26(24)34-18-36-32/h5-18,46H,1-4H3,(H,33,35,37)(H,34,36,38). The summed E-state index contributed by atoms with van der Waals surface area (Å²) in [5, 5.41) is 8.05. The molecule has 0 unspecified atom stereocenters. The van der Waals surface area contributed by atoms with E-state index in [1.165, 1.54) is 12.7 Å². The van der Waals surface area contributed by atoms with Crippen molar-refractivity contribution >= 4 is 53.1 Å². The number of nitrogens with zero attached hydrogens (tertiary/aromatic N) is 4. The second-order valence-electron chi connectivity index (χ2n) is 9.65. The van der Waals surface area contributed by atoms with Crippen LogP contribution in [0.2, 0.25) is 0 Å². The van der Waals surface area contributed by atoms with E-state index in [-0.39, 0.29) is 0 Å². The molecule has 0 bridgehead atoms. The van der Waals surface area contributed by atoms with Gasteiger partial charge >= 0.3 is 8.25 Å². The average Bonchev–Trinajstić information content (AvgIpc) is 3.09. The van der Waals surface area contributed by atoms with E-state index in [4.69, 9.17) is 28.0 Å². The largest absolute Gasteiger partial charge is 0.493 e. The van der Waals surface area contributed by atoms with Gasteiger partial charge in [0.25, 0.3) is 0 Å². The van der Waals surface area contributed by atoms with Crippen LogP contribution in [-0.2, 0) is 4.57 Å². The number of fused-ring (bicyclic) bond motifs is 2. The number of aromatic nitrogens is 4. The predicted molar refractivity (Wildman–Crippen MR) is 175 cm³/mol. The monoisotopic (exact) mass is 640 g/mol. The Labute approximate surface area is 264 Å². The molecule has 0 saturated heterocycles. The zero-order chi connectivity index (χ0) is 32.0. The van der Waals surface area contributed by atoms with Crippen molar-refractivity contribution in [3.05, 3.63) is 85.5 Å². The van der Waals surface area contributed by atoms with Crippen LogP contribution in [0, 0.1) is 0 Å². The van der Waals surface area contributed by atoms with Gasteiger partial charge in [0.1, 0.15) is 35.8 Å². The Morgan fingerprint density at radius 1 is 0.522 bits per heavy atom. The average molecular weight is 641 g/mol. The summed E-state index contributed by atoms with van der Waals surface area (Å²) in [5.41, 5.74) is 2.86. The number of hydrogen-bond donors (Lipinski definition) is 2. The fourth-order valence-corrected chi connectivity index (χ4v) is 5.36. The van der Waals surface area contributed by atoms with Crippen molar-refractivity contribution in [1.82, 2.24) is 19.9 Å². The Kier molecular flexibility index (Phi) is 8.84. The van der Waals surface area contributed by atoms with Crippen LogP contribution in [0.25, 0.3) is 21.8 Å². The Morgan fingerprint density at radius 2 is 0.891 bits per heavy atom. The highest BCUT2D eigenvalue weighted by Gasteiger charge is 2.13. The molecule has 2 heterocycles. The summed E-state index contributed by atoms with van der Waals surface area (Å²) in [7, 11) is 3.38. The highest BCUT2D eigenvalue weighted by molar-refractivity contribution is 7.34. The van der Waals surface area contributed by atoms with Crippen LogP contribution in [0.15, 0.2) is 85.5 Å². The number of rotatable bonds is 12. The van der Waals surface area contributed by atoms with Crippen molar-refractivity contribution in [3.8, 4) is 34.5 Å². The maximum atomic E-state index is 12.7. The van der Waals surface area contributed by atoms with E-state index in [9.17, 15) is 4.57 Å². The van der Waals surface area contributed by atoms with Gasteiger partial charge in [-0.25, -0.2) is 24.5 Å². The molecule has 0 atom stereocenters. The SMILES string of the molecule is COc1cc2ncnc(Nc3ccc(O[PH](=O)Oc4ccc(Nc5ncnc6cc(OC)c(OC)cc56)cc4)cc3)c2cc1OC.